The summed E-state index contributed by atoms with van der Waals surface area (Å²) < 4.78 is 3.44. The number of aromatic nitrogens is 4. The molecule has 0 spiro atoms. The molecule has 0 saturated carbocycles. The van der Waals surface area contributed by atoms with Gasteiger partial charge in [0.25, 0.3) is 0 Å². The predicted molar refractivity (Wildman–Crippen MR) is 35.2 cm³/mol. The summed E-state index contributed by atoms with van der Waals surface area (Å²) in [4.78, 5) is 4.03. The molecular weight excluding hydrogens is 130 g/mol. The molecule has 2 heterocycles. The van der Waals surface area contributed by atoms with Crippen LogP contribution in [0.15, 0.2) is 18.7 Å². The Morgan fingerprint density at radius 2 is 2.50 bits per heavy atom. The minimum atomic E-state index is 0.369. The van der Waals surface area contributed by atoms with Gasteiger partial charge in [-0.3, -0.25) is 4.40 Å². The van der Waals surface area contributed by atoms with E-state index in [1.54, 1.807) is 17.2 Å². The lowest BCUT2D eigenvalue weighted by atomic mass is 10.9. The quantitative estimate of drug-likeness (QED) is 0.573. The minimum Gasteiger partial charge on any atom is -0.312 e. The van der Waals surface area contributed by atoms with Gasteiger partial charge in [-0.15, -0.1) is 0 Å². The van der Waals surface area contributed by atoms with E-state index >= 15 is 0 Å². The van der Waals surface area contributed by atoms with Gasteiger partial charge in [0.15, 0.2) is 0 Å². The monoisotopic (exact) mass is 137 g/mol. The Labute approximate surface area is 57.1 Å². The molecule has 0 aromatic carbocycles. The Balaban J connectivity index is 2.76. The molecular formula is C5H7N5. The fourth-order valence-corrected chi connectivity index (χ4v) is 0.894. The Bertz CT molecular complexity index is 332. The van der Waals surface area contributed by atoms with Crippen LogP contribution in [0.3, 0.4) is 0 Å². The van der Waals surface area contributed by atoms with Gasteiger partial charge in [0, 0.05) is 12.4 Å². The van der Waals surface area contributed by atoms with E-state index in [0.717, 1.165) is 5.78 Å². The van der Waals surface area contributed by atoms with Crippen LogP contribution in [0.4, 0.5) is 0 Å². The molecule has 0 saturated heterocycles. The molecule has 2 aromatic heterocycles. The second-order valence-electron chi connectivity index (χ2n) is 1.95. The van der Waals surface area contributed by atoms with Crippen molar-refractivity contribution in [1.29, 1.82) is 0 Å². The molecule has 0 aliphatic rings. The predicted octanol–water partition coefficient (Wildman–Crippen LogP) is -0.553. The van der Waals surface area contributed by atoms with Crippen LogP contribution < -0.4 is 5.73 Å². The van der Waals surface area contributed by atoms with Crippen molar-refractivity contribution in [3.63, 3.8) is 0 Å². The lowest BCUT2D eigenvalue weighted by molar-refractivity contribution is 0.654. The van der Waals surface area contributed by atoms with Crippen LogP contribution in [0.25, 0.3) is 5.78 Å². The van der Waals surface area contributed by atoms with Gasteiger partial charge in [-0.1, -0.05) is 0 Å². The highest BCUT2D eigenvalue weighted by Gasteiger charge is 1.98. The molecule has 0 aliphatic heterocycles. The highest BCUT2D eigenvalue weighted by Crippen LogP contribution is 1.95. The van der Waals surface area contributed by atoms with Crippen molar-refractivity contribution < 1.29 is 0 Å². The Morgan fingerprint density at radius 3 is 3.30 bits per heavy atom. The summed E-state index contributed by atoms with van der Waals surface area (Å²) in [6, 6.07) is 0. The van der Waals surface area contributed by atoms with Gasteiger partial charge < -0.3 is 5.73 Å². The fourth-order valence-electron chi connectivity index (χ4n) is 0.894. The van der Waals surface area contributed by atoms with E-state index in [0.29, 0.717) is 6.67 Å². The van der Waals surface area contributed by atoms with Crippen molar-refractivity contribution in [2.75, 3.05) is 0 Å². The number of rotatable bonds is 1. The first kappa shape index (κ1) is 5.43. The zero-order valence-electron chi connectivity index (χ0n) is 5.31. The molecule has 0 amide bonds. The second kappa shape index (κ2) is 1.81. The average molecular weight is 137 g/mol. The number of fused-ring (bicyclic) bond motifs is 1. The van der Waals surface area contributed by atoms with Crippen LogP contribution in [-0.4, -0.2) is 19.2 Å². The van der Waals surface area contributed by atoms with Crippen molar-refractivity contribution in [1.82, 2.24) is 19.2 Å². The standard InChI is InChI=1S/C5H7N5/c6-3-10-5-7-1-2-9(5)4-8-10/h1-2,4H,3,6H2. The van der Waals surface area contributed by atoms with Gasteiger partial charge in [0.1, 0.15) is 6.33 Å². The topological polar surface area (TPSA) is 61.1 Å². The summed E-state index contributed by atoms with van der Waals surface area (Å²) in [7, 11) is 0. The summed E-state index contributed by atoms with van der Waals surface area (Å²) in [5, 5.41) is 3.97. The van der Waals surface area contributed by atoms with E-state index in [9.17, 15) is 0 Å². The fraction of sp³-hybridized carbons (Fsp3) is 0.200. The minimum absolute atomic E-state index is 0.369. The van der Waals surface area contributed by atoms with Gasteiger partial charge in [0.2, 0.25) is 5.78 Å². The summed E-state index contributed by atoms with van der Waals surface area (Å²) >= 11 is 0. The number of hydrogen-bond donors (Lipinski definition) is 1. The first-order valence-corrected chi connectivity index (χ1v) is 2.96. The molecule has 5 nitrogen and oxygen atoms in total. The molecule has 0 aliphatic carbocycles. The summed E-state index contributed by atoms with van der Waals surface area (Å²) in [6.45, 7) is 0.369. The highest BCUT2D eigenvalue weighted by atomic mass is 15.4. The molecule has 0 radical (unpaired) electrons. The zero-order valence-corrected chi connectivity index (χ0v) is 5.31. The van der Waals surface area contributed by atoms with Gasteiger partial charge in [-0.05, 0) is 0 Å². The molecule has 2 aromatic rings. The highest BCUT2D eigenvalue weighted by molar-refractivity contribution is 5.26. The zero-order chi connectivity index (χ0) is 6.97. The van der Waals surface area contributed by atoms with E-state index in [4.69, 9.17) is 5.73 Å². The maximum atomic E-state index is 5.37. The number of nitrogens with two attached hydrogens (primary N) is 1. The maximum Gasteiger partial charge on any atom is 0.233 e. The number of hydrogen-bond acceptors (Lipinski definition) is 3. The largest absolute Gasteiger partial charge is 0.312 e. The van der Waals surface area contributed by atoms with Gasteiger partial charge >= 0.3 is 0 Å². The van der Waals surface area contributed by atoms with Crippen LogP contribution in [0.5, 0.6) is 0 Å². The maximum absolute atomic E-state index is 5.37. The van der Waals surface area contributed by atoms with Crippen molar-refractivity contribution in [2.24, 2.45) is 5.73 Å². The molecule has 5 heteroatoms. The van der Waals surface area contributed by atoms with Crippen LogP contribution in [0, 0.1) is 0 Å². The molecule has 0 atom stereocenters. The van der Waals surface area contributed by atoms with Gasteiger partial charge in [-0.25, -0.2) is 9.67 Å². The van der Waals surface area contributed by atoms with Crippen molar-refractivity contribution in [3.05, 3.63) is 18.7 Å². The SMILES string of the molecule is NCn1ncn2ccnc12. The first-order chi connectivity index (χ1) is 4.92. The third kappa shape index (κ3) is 0.548. The Morgan fingerprint density at radius 1 is 1.60 bits per heavy atom. The number of imidazole rings is 1. The van der Waals surface area contributed by atoms with Gasteiger partial charge in [0.05, 0.1) is 6.67 Å². The molecule has 2 rings (SSSR count). The normalized spacial score (nSPS) is 10.9. The smallest absolute Gasteiger partial charge is 0.233 e. The first-order valence-electron chi connectivity index (χ1n) is 2.96. The van der Waals surface area contributed by atoms with E-state index in [1.807, 2.05) is 10.6 Å². The van der Waals surface area contributed by atoms with Crippen LogP contribution in [-0.2, 0) is 6.67 Å². The molecule has 2 N–H and O–H groups in total. The van der Waals surface area contributed by atoms with Crippen LogP contribution in [0.2, 0.25) is 0 Å². The third-order valence-corrected chi connectivity index (χ3v) is 1.37. The molecule has 10 heavy (non-hydrogen) atoms. The van der Waals surface area contributed by atoms with Crippen molar-refractivity contribution >= 4 is 5.78 Å². The summed E-state index contributed by atoms with van der Waals surface area (Å²) in [6.07, 6.45) is 5.22. The van der Waals surface area contributed by atoms with Crippen LogP contribution in [0.1, 0.15) is 0 Å². The Hall–Kier alpha value is -1.36. The van der Waals surface area contributed by atoms with Crippen molar-refractivity contribution in [2.45, 2.75) is 6.67 Å². The average Bonchev–Trinajstić information content (AvgIpc) is 2.44. The molecule has 52 valence electrons. The third-order valence-electron chi connectivity index (χ3n) is 1.37. The van der Waals surface area contributed by atoms with E-state index < -0.39 is 0 Å². The molecule has 0 unspecified atom stereocenters. The van der Waals surface area contributed by atoms with E-state index in [1.165, 1.54) is 0 Å². The summed E-state index contributed by atoms with van der Waals surface area (Å²) in [5.41, 5.74) is 5.37. The van der Waals surface area contributed by atoms with Gasteiger partial charge in [-0.2, -0.15) is 5.10 Å². The Kier molecular flexibility index (Phi) is 0.983. The van der Waals surface area contributed by atoms with E-state index in [2.05, 4.69) is 10.1 Å². The number of nitrogens with zero attached hydrogens (tertiary/aromatic N) is 4. The lowest BCUT2D eigenvalue weighted by Gasteiger charge is -1.90. The van der Waals surface area contributed by atoms with Crippen LogP contribution >= 0.6 is 0 Å². The lowest BCUT2D eigenvalue weighted by Crippen LogP contribution is -2.08. The van der Waals surface area contributed by atoms with E-state index in [-0.39, 0.29) is 0 Å². The summed E-state index contributed by atoms with van der Waals surface area (Å²) in [5.74, 6) is 0.780. The van der Waals surface area contributed by atoms with Crippen molar-refractivity contribution in [3.8, 4) is 0 Å². The molecule has 0 fully saturated rings. The molecule has 0 bridgehead atoms. The second-order valence-corrected chi connectivity index (χ2v) is 1.95.